The molecule has 0 saturated heterocycles. The van der Waals surface area contributed by atoms with Crippen LogP contribution in [0.4, 0.5) is 4.39 Å². The van der Waals surface area contributed by atoms with Crippen LogP contribution in [0.25, 0.3) is 5.52 Å². The van der Waals surface area contributed by atoms with Crippen molar-refractivity contribution in [2.75, 3.05) is 7.11 Å². The molecule has 0 aromatic carbocycles. The first-order valence-electron chi connectivity index (χ1n) is 3.59. The summed E-state index contributed by atoms with van der Waals surface area (Å²) >= 11 is 3.29. The van der Waals surface area contributed by atoms with Crippen molar-refractivity contribution in [2.45, 2.75) is 0 Å². The second kappa shape index (κ2) is 2.99. The molecular weight excluding hydrogens is 239 g/mol. The van der Waals surface area contributed by atoms with E-state index in [9.17, 15) is 4.39 Å². The topological polar surface area (TPSA) is 26.5 Å². The SMILES string of the molecule is COc1cc(Br)c2cc(F)nn2c1. The molecule has 3 nitrogen and oxygen atoms in total. The average molecular weight is 245 g/mol. The molecule has 0 aliphatic carbocycles. The first-order chi connectivity index (χ1) is 6.20. The van der Waals surface area contributed by atoms with Crippen LogP contribution in [-0.2, 0) is 0 Å². The Labute approximate surface area is 82.2 Å². The summed E-state index contributed by atoms with van der Waals surface area (Å²) in [6.07, 6.45) is 1.61. The number of rotatable bonds is 1. The van der Waals surface area contributed by atoms with Gasteiger partial charge in [-0.05, 0) is 22.0 Å². The molecule has 2 heterocycles. The van der Waals surface area contributed by atoms with E-state index in [4.69, 9.17) is 4.74 Å². The molecule has 0 N–H and O–H groups in total. The Morgan fingerprint density at radius 3 is 3.00 bits per heavy atom. The Morgan fingerprint density at radius 1 is 1.54 bits per heavy atom. The number of nitrogens with zero attached hydrogens (tertiary/aromatic N) is 2. The lowest BCUT2D eigenvalue weighted by Crippen LogP contribution is -1.91. The van der Waals surface area contributed by atoms with Crippen molar-refractivity contribution < 1.29 is 9.13 Å². The molecule has 2 rings (SSSR count). The fourth-order valence-corrected chi connectivity index (χ4v) is 1.63. The summed E-state index contributed by atoms with van der Waals surface area (Å²) in [5.41, 5.74) is 0.679. The number of halogens is 2. The van der Waals surface area contributed by atoms with Crippen molar-refractivity contribution in [2.24, 2.45) is 0 Å². The van der Waals surface area contributed by atoms with E-state index in [0.717, 1.165) is 4.47 Å². The predicted octanol–water partition coefficient (Wildman–Crippen LogP) is 2.24. The van der Waals surface area contributed by atoms with Crippen LogP contribution >= 0.6 is 15.9 Å². The summed E-state index contributed by atoms with van der Waals surface area (Å²) in [5, 5.41) is 3.62. The maximum Gasteiger partial charge on any atom is 0.233 e. The lowest BCUT2D eigenvalue weighted by atomic mass is 10.4. The molecule has 0 unspecified atom stereocenters. The maximum absolute atomic E-state index is 12.7. The predicted molar refractivity (Wildman–Crippen MR) is 49.4 cm³/mol. The van der Waals surface area contributed by atoms with Gasteiger partial charge in [-0.1, -0.05) is 0 Å². The zero-order chi connectivity index (χ0) is 9.42. The molecule has 0 saturated carbocycles. The molecule has 0 spiro atoms. The van der Waals surface area contributed by atoms with Crippen LogP contribution < -0.4 is 4.74 Å². The van der Waals surface area contributed by atoms with E-state index in [1.165, 1.54) is 10.6 Å². The van der Waals surface area contributed by atoms with E-state index in [-0.39, 0.29) is 0 Å². The number of methoxy groups -OCH3 is 1. The van der Waals surface area contributed by atoms with Crippen molar-refractivity contribution in [1.82, 2.24) is 9.61 Å². The van der Waals surface area contributed by atoms with Crippen LogP contribution in [0, 0.1) is 5.95 Å². The molecule has 0 aliphatic heterocycles. The smallest absolute Gasteiger partial charge is 0.233 e. The van der Waals surface area contributed by atoms with Gasteiger partial charge in [0.15, 0.2) is 0 Å². The van der Waals surface area contributed by atoms with Gasteiger partial charge in [-0.25, -0.2) is 4.52 Å². The Bertz CT molecular complexity index is 455. The average Bonchev–Trinajstić information content (AvgIpc) is 2.46. The van der Waals surface area contributed by atoms with E-state index in [2.05, 4.69) is 21.0 Å². The van der Waals surface area contributed by atoms with Crippen molar-refractivity contribution in [1.29, 1.82) is 0 Å². The molecular formula is C8H6BrFN2O. The highest BCUT2D eigenvalue weighted by Crippen LogP contribution is 2.23. The highest BCUT2D eigenvalue weighted by atomic mass is 79.9. The lowest BCUT2D eigenvalue weighted by molar-refractivity contribution is 0.411. The van der Waals surface area contributed by atoms with Gasteiger partial charge in [0, 0.05) is 10.5 Å². The van der Waals surface area contributed by atoms with Crippen molar-refractivity contribution in [3.63, 3.8) is 0 Å². The van der Waals surface area contributed by atoms with Gasteiger partial charge in [0.25, 0.3) is 0 Å². The summed E-state index contributed by atoms with van der Waals surface area (Å²) in [5.74, 6) is 0.122. The number of fused-ring (bicyclic) bond motifs is 1. The van der Waals surface area contributed by atoms with E-state index >= 15 is 0 Å². The van der Waals surface area contributed by atoms with E-state index in [1.807, 2.05) is 0 Å². The summed E-state index contributed by atoms with van der Waals surface area (Å²) < 4.78 is 19.9. The highest BCUT2D eigenvalue weighted by molar-refractivity contribution is 9.10. The van der Waals surface area contributed by atoms with Gasteiger partial charge in [-0.2, -0.15) is 4.39 Å². The minimum Gasteiger partial charge on any atom is -0.495 e. The van der Waals surface area contributed by atoms with Crippen LogP contribution in [-0.4, -0.2) is 16.7 Å². The van der Waals surface area contributed by atoms with E-state index in [1.54, 1.807) is 19.4 Å². The molecule has 2 aromatic heterocycles. The molecule has 13 heavy (non-hydrogen) atoms. The summed E-state index contributed by atoms with van der Waals surface area (Å²) in [7, 11) is 1.55. The van der Waals surface area contributed by atoms with Gasteiger partial charge >= 0.3 is 0 Å². The molecule has 0 amide bonds. The Balaban J connectivity index is 2.75. The highest BCUT2D eigenvalue weighted by Gasteiger charge is 2.05. The molecule has 0 radical (unpaired) electrons. The molecule has 5 heteroatoms. The Hall–Kier alpha value is -1.10. The summed E-state index contributed by atoms with van der Waals surface area (Å²) in [6.45, 7) is 0. The van der Waals surface area contributed by atoms with Crippen LogP contribution in [0.5, 0.6) is 5.75 Å². The van der Waals surface area contributed by atoms with Crippen LogP contribution in [0.1, 0.15) is 0 Å². The van der Waals surface area contributed by atoms with Crippen LogP contribution in [0.15, 0.2) is 22.8 Å². The molecule has 0 fully saturated rings. The fourth-order valence-electron chi connectivity index (χ4n) is 1.11. The van der Waals surface area contributed by atoms with Gasteiger partial charge in [0.2, 0.25) is 5.95 Å². The second-order valence-corrected chi connectivity index (χ2v) is 3.38. The second-order valence-electron chi connectivity index (χ2n) is 2.52. The minimum absolute atomic E-state index is 0.506. The molecule has 2 aromatic rings. The van der Waals surface area contributed by atoms with Crippen LogP contribution in [0.3, 0.4) is 0 Å². The third-order valence-electron chi connectivity index (χ3n) is 1.70. The van der Waals surface area contributed by atoms with E-state index in [0.29, 0.717) is 11.3 Å². The minimum atomic E-state index is -0.506. The Kier molecular flexibility index (Phi) is 1.95. The summed E-state index contributed by atoms with van der Waals surface area (Å²) in [6, 6.07) is 3.11. The molecule has 0 bridgehead atoms. The lowest BCUT2D eigenvalue weighted by Gasteiger charge is -2.01. The summed E-state index contributed by atoms with van der Waals surface area (Å²) in [4.78, 5) is 0. The van der Waals surface area contributed by atoms with Crippen molar-refractivity contribution in [3.8, 4) is 5.75 Å². The normalized spacial score (nSPS) is 10.7. The van der Waals surface area contributed by atoms with Crippen molar-refractivity contribution in [3.05, 3.63) is 28.7 Å². The quantitative estimate of drug-likeness (QED) is 0.770. The van der Waals surface area contributed by atoms with Gasteiger partial charge in [-0.15, -0.1) is 5.10 Å². The van der Waals surface area contributed by atoms with E-state index < -0.39 is 5.95 Å². The first kappa shape index (κ1) is 8.50. The number of hydrogen-bond acceptors (Lipinski definition) is 2. The monoisotopic (exact) mass is 244 g/mol. The largest absolute Gasteiger partial charge is 0.495 e. The van der Waals surface area contributed by atoms with Crippen molar-refractivity contribution >= 4 is 21.4 Å². The van der Waals surface area contributed by atoms with Gasteiger partial charge < -0.3 is 4.74 Å². The third-order valence-corrected chi connectivity index (χ3v) is 2.34. The standard InChI is InChI=1S/C8H6BrFN2O/c1-13-5-2-6(9)7-3-8(10)11-12(7)4-5/h2-4H,1H3. The van der Waals surface area contributed by atoms with Gasteiger partial charge in [-0.3, -0.25) is 0 Å². The Morgan fingerprint density at radius 2 is 2.31 bits per heavy atom. The third kappa shape index (κ3) is 1.39. The van der Waals surface area contributed by atoms with Gasteiger partial charge in [0.05, 0.1) is 18.8 Å². The zero-order valence-electron chi connectivity index (χ0n) is 6.79. The fraction of sp³-hybridized carbons (Fsp3) is 0.125. The zero-order valence-corrected chi connectivity index (χ0v) is 8.38. The molecule has 0 atom stereocenters. The molecule has 0 aliphatic rings. The van der Waals surface area contributed by atoms with Gasteiger partial charge in [0.1, 0.15) is 5.75 Å². The number of pyridine rings is 1. The maximum atomic E-state index is 12.7. The first-order valence-corrected chi connectivity index (χ1v) is 4.38. The number of ether oxygens (including phenoxy) is 1. The molecule has 68 valence electrons. The van der Waals surface area contributed by atoms with Crippen LogP contribution in [0.2, 0.25) is 0 Å². The number of hydrogen-bond donors (Lipinski definition) is 0. The number of aromatic nitrogens is 2.